The van der Waals surface area contributed by atoms with Gasteiger partial charge in [0.2, 0.25) is 0 Å². The zero-order valence-electron chi connectivity index (χ0n) is 71.9. The van der Waals surface area contributed by atoms with Gasteiger partial charge in [0.25, 0.3) is 0 Å². The fourth-order valence-corrected chi connectivity index (χ4v) is 15.7. The quantitative estimate of drug-likeness (QED) is 0.0222. The van der Waals surface area contributed by atoms with E-state index in [-0.39, 0.29) is 25.7 Å². The molecule has 19 heteroatoms. The van der Waals surface area contributed by atoms with Gasteiger partial charge in [0.15, 0.2) is 12.2 Å². The Hall–Kier alpha value is -1.94. The van der Waals surface area contributed by atoms with Gasteiger partial charge in [-0.3, -0.25) is 37.3 Å². The molecule has 0 aliphatic heterocycles. The van der Waals surface area contributed by atoms with Crippen LogP contribution in [-0.4, -0.2) is 96.7 Å². The number of unbranched alkanes of at least 4 members (excludes halogenated alkanes) is 59. The van der Waals surface area contributed by atoms with Crippen molar-refractivity contribution in [1.29, 1.82) is 0 Å². The Morgan fingerprint density at radius 2 is 0.422 bits per heavy atom. The molecule has 0 aromatic heterocycles. The lowest BCUT2D eigenvalue weighted by Gasteiger charge is -2.21. The van der Waals surface area contributed by atoms with Crippen molar-refractivity contribution in [3.05, 3.63) is 0 Å². The molecule has 17 nitrogen and oxygen atoms in total. The molecule has 0 aliphatic carbocycles. The van der Waals surface area contributed by atoms with E-state index >= 15 is 0 Å². The van der Waals surface area contributed by atoms with Gasteiger partial charge < -0.3 is 33.8 Å². The van der Waals surface area contributed by atoms with Crippen LogP contribution in [0.4, 0.5) is 0 Å². The molecular formula is C90H176O17P2. The maximum absolute atomic E-state index is 13.2. The van der Waals surface area contributed by atoms with E-state index in [1.807, 2.05) is 0 Å². The number of hydrogen-bond acceptors (Lipinski definition) is 15. The van der Waals surface area contributed by atoms with Gasteiger partial charge in [-0.05, 0) is 37.5 Å². The first-order chi connectivity index (χ1) is 52.9. The number of phosphoric acid groups is 2. The summed E-state index contributed by atoms with van der Waals surface area (Å²) in [6, 6.07) is 0. The molecule has 0 saturated heterocycles. The maximum atomic E-state index is 13.2. The summed E-state index contributed by atoms with van der Waals surface area (Å²) in [6.07, 6.45) is 75.0. The van der Waals surface area contributed by atoms with Crippen LogP contribution in [0.5, 0.6) is 0 Å². The molecule has 109 heavy (non-hydrogen) atoms. The molecule has 0 rings (SSSR count). The topological polar surface area (TPSA) is 237 Å². The lowest BCUT2D eigenvalue weighted by atomic mass is 10.0. The maximum Gasteiger partial charge on any atom is 0.472 e. The standard InChI is InChI=1S/C90H176O17P2/c1-7-9-11-13-15-17-19-21-22-23-24-25-29-32-37-43-49-55-61-67-73-88(93)101-79-86(106-89(94)74-68-62-56-50-44-38-33-30-27-26-28-31-35-40-46-52-58-64-70-82(3)4)81-105-109(98,99)103-77-84(91)76-102-108(96,97)104-80-85(78-100-87(92)72-66-60-54-48-42-20-18-16-14-12-10-8-2)107-90(95)75-69-63-57-51-45-39-34-36-41-47-53-59-65-71-83(5)6/h82-86,91H,7-81H2,1-6H3,(H,96,97)(H,98,99)/t84-,85+,86+/m0/s1. The van der Waals surface area contributed by atoms with E-state index in [2.05, 4.69) is 41.5 Å². The van der Waals surface area contributed by atoms with Gasteiger partial charge in [-0.15, -0.1) is 0 Å². The van der Waals surface area contributed by atoms with Crippen LogP contribution in [0.3, 0.4) is 0 Å². The van der Waals surface area contributed by atoms with Crippen molar-refractivity contribution < 1.29 is 80.2 Å². The highest BCUT2D eigenvalue weighted by atomic mass is 31.2. The average Bonchev–Trinajstić information content (AvgIpc) is 0.898. The summed E-state index contributed by atoms with van der Waals surface area (Å²) in [5.74, 6) is -0.489. The van der Waals surface area contributed by atoms with Crippen molar-refractivity contribution in [2.75, 3.05) is 39.6 Å². The minimum atomic E-state index is -4.97. The fraction of sp³-hybridized carbons (Fsp3) is 0.956. The van der Waals surface area contributed by atoms with E-state index in [1.165, 1.54) is 302 Å². The zero-order valence-corrected chi connectivity index (χ0v) is 73.7. The predicted octanol–water partition coefficient (Wildman–Crippen LogP) is 27.8. The first-order valence-electron chi connectivity index (χ1n) is 46.5. The molecule has 0 aromatic carbocycles. The smallest absolute Gasteiger partial charge is 0.462 e. The van der Waals surface area contributed by atoms with E-state index in [0.717, 1.165) is 102 Å². The summed E-state index contributed by atoms with van der Waals surface area (Å²) in [5.41, 5.74) is 0. The van der Waals surface area contributed by atoms with Gasteiger partial charge in [-0.25, -0.2) is 9.13 Å². The van der Waals surface area contributed by atoms with Crippen molar-refractivity contribution in [1.82, 2.24) is 0 Å². The molecule has 0 spiro atoms. The van der Waals surface area contributed by atoms with Crippen LogP contribution in [-0.2, 0) is 65.4 Å². The number of carbonyl (C=O) groups is 4. The summed E-state index contributed by atoms with van der Waals surface area (Å²) in [4.78, 5) is 73.4. The first kappa shape index (κ1) is 107. The molecule has 0 aliphatic rings. The largest absolute Gasteiger partial charge is 0.472 e. The lowest BCUT2D eigenvalue weighted by Crippen LogP contribution is -2.30. The monoisotopic (exact) mass is 1590 g/mol. The highest BCUT2D eigenvalue weighted by molar-refractivity contribution is 7.47. The number of aliphatic hydroxyl groups is 1. The Kier molecular flexibility index (Phi) is 79.8. The Labute approximate surface area is 670 Å². The van der Waals surface area contributed by atoms with Crippen LogP contribution < -0.4 is 0 Å². The Balaban J connectivity index is 5.24. The third-order valence-corrected chi connectivity index (χ3v) is 23.1. The third-order valence-electron chi connectivity index (χ3n) is 21.2. The Morgan fingerprint density at radius 3 is 0.624 bits per heavy atom. The van der Waals surface area contributed by atoms with Crippen LogP contribution in [0, 0.1) is 11.8 Å². The number of phosphoric ester groups is 2. The van der Waals surface area contributed by atoms with Gasteiger partial charge in [0.05, 0.1) is 26.4 Å². The van der Waals surface area contributed by atoms with Gasteiger partial charge in [0.1, 0.15) is 19.3 Å². The summed E-state index contributed by atoms with van der Waals surface area (Å²) < 4.78 is 69.0. The van der Waals surface area contributed by atoms with Crippen LogP contribution in [0.2, 0.25) is 0 Å². The first-order valence-corrected chi connectivity index (χ1v) is 49.5. The molecule has 5 atom stereocenters. The highest BCUT2D eigenvalue weighted by Gasteiger charge is 2.31. The van der Waals surface area contributed by atoms with Crippen LogP contribution >= 0.6 is 15.6 Å². The Morgan fingerprint density at radius 1 is 0.248 bits per heavy atom. The summed E-state index contributed by atoms with van der Waals surface area (Å²) in [6.45, 7) is 9.75. The second-order valence-electron chi connectivity index (χ2n) is 33.3. The molecule has 0 saturated carbocycles. The van der Waals surface area contributed by atoms with Gasteiger partial charge in [-0.2, -0.15) is 0 Å². The summed E-state index contributed by atoms with van der Waals surface area (Å²) >= 11 is 0. The van der Waals surface area contributed by atoms with E-state index in [0.29, 0.717) is 25.7 Å². The molecule has 0 fully saturated rings. The van der Waals surface area contributed by atoms with Crippen molar-refractivity contribution in [2.45, 2.75) is 503 Å². The van der Waals surface area contributed by atoms with Crippen molar-refractivity contribution >= 4 is 39.5 Å². The molecule has 648 valence electrons. The lowest BCUT2D eigenvalue weighted by molar-refractivity contribution is -0.161. The second-order valence-corrected chi connectivity index (χ2v) is 36.2. The average molecular weight is 1590 g/mol. The minimum Gasteiger partial charge on any atom is -0.462 e. The van der Waals surface area contributed by atoms with E-state index in [9.17, 15) is 43.2 Å². The summed E-state index contributed by atoms with van der Waals surface area (Å²) in [7, 11) is -9.93. The van der Waals surface area contributed by atoms with Crippen LogP contribution in [0.1, 0.15) is 485 Å². The van der Waals surface area contributed by atoms with Gasteiger partial charge in [0, 0.05) is 25.7 Å². The SMILES string of the molecule is CCCCCCCCCCCCCCCCCCCCCCC(=O)OC[C@H](COP(=O)(O)OC[C@@H](O)COP(=O)(O)OC[C@@H](COC(=O)CCCCCCCCCCCCCC)OC(=O)CCCCCCCCCCCCCCCC(C)C)OC(=O)CCCCCCCCCCCCCCCCCCCCC(C)C. The molecule has 0 radical (unpaired) electrons. The normalized spacial score (nSPS) is 13.8. The van der Waals surface area contributed by atoms with Crippen LogP contribution in [0.25, 0.3) is 0 Å². The number of ether oxygens (including phenoxy) is 4. The van der Waals surface area contributed by atoms with Crippen molar-refractivity contribution in [3.63, 3.8) is 0 Å². The van der Waals surface area contributed by atoms with Gasteiger partial charge in [-0.1, -0.05) is 433 Å². The van der Waals surface area contributed by atoms with Gasteiger partial charge >= 0.3 is 39.5 Å². The van der Waals surface area contributed by atoms with E-state index in [1.54, 1.807) is 0 Å². The molecule has 0 amide bonds. The van der Waals surface area contributed by atoms with E-state index < -0.39 is 97.5 Å². The highest BCUT2D eigenvalue weighted by Crippen LogP contribution is 2.45. The molecule has 0 aromatic rings. The number of hydrogen-bond donors (Lipinski definition) is 3. The molecule has 0 heterocycles. The third kappa shape index (κ3) is 83.8. The molecular weight excluding hydrogens is 1410 g/mol. The predicted molar refractivity (Wildman–Crippen MR) is 451 cm³/mol. The second kappa shape index (κ2) is 81.2. The number of rotatable bonds is 89. The zero-order chi connectivity index (χ0) is 79.9. The Bertz CT molecular complexity index is 2080. The molecule has 0 bridgehead atoms. The molecule has 2 unspecified atom stereocenters. The number of esters is 4. The fourth-order valence-electron chi connectivity index (χ4n) is 14.1. The van der Waals surface area contributed by atoms with E-state index in [4.69, 9.17) is 37.0 Å². The number of aliphatic hydroxyl groups excluding tert-OH is 1. The van der Waals surface area contributed by atoms with Crippen LogP contribution in [0.15, 0.2) is 0 Å². The van der Waals surface area contributed by atoms with Crippen molar-refractivity contribution in [2.24, 2.45) is 11.8 Å². The van der Waals surface area contributed by atoms with Crippen molar-refractivity contribution in [3.8, 4) is 0 Å². The minimum absolute atomic E-state index is 0.108. The molecule has 3 N–H and O–H groups in total. The number of carbonyl (C=O) groups excluding carboxylic acids is 4. The summed E-state index contributed by atoms with van der Waals surface area (Å²) in [5, 5.41) is 10.7.